The van der Waals surface area contributed by atoms with Crippen LogP contribution >= 0.6 is 0 Å². The van der Waals surface area contributed by atoms with Crippen LogP contribution in [0.15, 0.2) is 6.07 Å². The lowest BCUT2D eigenvalue weighted by Crippen LogP contribution is -2.19. The van der Waals surface area contributed by atoms with Crippen molar-refractivity contribution in [3.05, 3.63) is 23.0 Å². The summed E-state index contributed by atoms with van der Waals surface area (Å²) in [6.45, 7) is 1.36. The predicted octanol–water partition coefficient (Wildman–Crippen LogP) is 1.46. The zero-order valence-electron chi connectivity index (χ0n) is 10.4. The first kappa shape index (κ1) is 15.2. The Labute approximate surface area is 107 Å². The SMILES string of the molecule is COC(=O)Cc1cc(OC(F)(F)F)c(C)nc1CN. The van der Waals surface area contributed by atoms with E-state index in [4.69, 9.17) is 5.73 Å². The average molecular weight is 278 g/mol. The predicted molar refractivity (Wildman–Crippen MR) is 59.3 cm³/mol. The highest BCUT2D eigenvalue weighted by Gasteiger charge is 2.32. The van der Waals surface area contributed by atoms with Crippen molar-refractivity contribution in [3.8, 4) is 5.75 Å². The van der Waals surface area contributed by atoms with E-state index in [1.165, 1.54) is 14.0 Å². The standard InChI is InChI=1S/C11H13F3N2O3/c1-6-9(19-11(12,13)14)3-7(4-10(17)18-2)8(5-15)16-6/h3H,4-5,15H2,1-2H3. The van der Waals surface area contributed by atoms with E-state index >= 15 is 0 Å². The Kier molecular flexibility index (Phi) is 4.71. The van der Waals surface area contributed by atoms with E-state index in [1.54, 1.807) is 0 Å². The Bertz CT molecular complexity index is 475. The van der Waals surface area contributed by atoms with Crippen molar-refractivity contribution in [1.82, 2.24) is 4.98 Å². The van der Waals surface area contributed by atoms with Gasteiger partial charge in [-0.3, -0.25) is 9.78 Å². The van der Waals surface area contributed by atoms with Crippen LogP contribution in [0, 0.1) is 6.92 Å². The average Bonchev–Trinajstić information content (AvgIpc) is 2.31. The Balaban J connectivity index is 3.14. The van der Waals surface area contributed by atoms with Crippen LogP contribution in [-0.4, -0.2) is 24.4 Å². The van der Waals surface area contributed by atoms with Crippen molar-refractivity contribution in [2.75, 3.05) is 7.11 Å². The molecule has 0 aliphatic carbocycles. The van der Waals surface area contributed by atoms with Crippen LogP contribution in [0.2, 0.25) is 0 Å². The molecule has 19 heavy (non-hydrogen) atoms. The Morgan fingerprint density at radius 1 is 1.47 bits per heavy atom. The number of ether oxygens (including phenoxy) is 2. The third-order valence-electron chi connectivity index (χ3n) is 2.32. The molecule has 0 saturated heterocycles. The molecular formula is C11H13F3N2O3. The van der Waals surface area contributed by atoms with Crippen molar-refractivity contribution in [3.63, 3.8) is 0 Å². The van der Waals surface area contributed by atoms with E-state index < -0.39 is 18.1 Å². The first-order valence-electron chi connectivity index (χ1n) is 5.29. The summed E-state index contributed by atoms with van der Waals surface area (Å²) >= 11 is 0. The van der Waals surface area contributed by atoms with E-state index in [-0.39, 0.29) is 24.2 Å². The Morgan fingerprint density at radius 2 is 2.11 bits per heavy atom. The van der Waals surface area contributed by atoms with Crippen molar-refractivity contribution in [2.45, 2.75) is 26.3 Å². The minimum atomic E-state index is -4.82. The molecule has 0 aliphatic heterocycles. The summed E-state index contributed by atoms with van der Waals surface area (Å²) in [7, 11) is 1.18. The lowest BCUT2D eigenvalue weighted by Gasteiger charge is -2.14. The number of alkyl halides is 3. The van der Waals surface area contributed by atoms with Gasteiger partial charge >= 0.3 is 12.3 Å². The molecule has 1 rings (SSSR count). The highest BCUT2D eigenvalue weighted by molar-refractivity contribution is 5.73. The van der Waals surface area contributed by atoms with Crippen LogP contribution in [-0.2, 0) is 22.5 Å². The molecule has 0 fully saturated rings. The number of esters is 1. The largest absolute Gasteiger partial charge is 0.573 e. The van der Waals surface area contributed by atoms with E-state index in [0.717, 1.165) is 6.07 Å². The minimum Gasteiger partial charge on any atom is -0.469 e. The molecule has 5 nitrogen and oxygen atoms in total. The van der Waals surface area contributed by atoms with E-state index in [0.29, 0.717) is 5.69 Å². The third-order valence-corrected chi connectivity index (χ3v) is 2.32. The molecule has 2 N–H and O–H groups in total. The third kappa shape index (κ3) is 4.40. The number of methoxy groups -OCH3 is 1. The van der Waals surface area contributed by atoms with Gasteiger partial charge in [-0.25, -0.2) is 0 Å². The van der Waals surface area contributed by atoms with Gasteiger partial charge in [0.25, 0.3) is 0 Å². The van der Waals surface area contributed by atoms with Crippen LogP contribution in [0.4, 0.5) is 13.2 Å². The van der Waals surface area contributed by atoms with Crippen LogP contribution in [0.3, 0.4) is 0 Å². The summed E-state index contributed by atoms with van der Waals surface area (Å²) in [5.41, 5.74) is 6.06. The monoisotopic (exact) mass is 278 g/mol. The quantitative estimate of drug-likeness (QED) is 0.844. The molecule has 0 bridgehead atoms. The van der Waals surface area contributed by atoms with Gasteiger partial charge in [0.15, 0.2) is 5.75 Å². The van der Waals surface area contributed by atoms with Gasteiger partial charge in [-0.15, -0.1) is 13.2 Å². The molecule has 106 valence electrons. The number of hydrogen-bond acceptors (Lipinski definition) is 5. The zero-order valence-corrected chi connectivity index (χ0v) is 10.4. The molecule has 0 aliphatic rings. The fraction of sp³-hybridized carbons (Fsp3) is 0.455. The van der Waals surface area contributed by atoms with Crippen molar-refractivity contribution in [1.29, 1.82) is 0 Å². The van der Waals surface area contributed by atoms with Crippen molar-refractivity contribution < 1.29 is 27.4 Å². The molecule has 0 atom stereocenters. The fourth-order valence-electron chi connectivity index (χ4n) is 1.46. The van der Waals surface area contributed by atoms with Gasteiger partial charge in [-0.1, -0.05) is 0 Å². The maximum absolute atomic E-state index is 12.2. The highest BCUT2D eigenvalue weighted by atomic mass is 19.4. The maximum Gasteiger partial charge on any atom is 0.573 e. The number of aryl methyl sites for hydroxylation is 1. The number of nitrogens with zero attached hydrogens (tertiary/aromatic N) is 1. The van der Waals surface area contributed by atoms with Crippen molar-refractivity contribution >= 4 is 5.97 Å². The van der Waals surface area contributed by atoms with E-state index in [9.17, 15) is 18.0 Å². The summed E-state index contributed by atoms with van der Waals surface area (Å²) < 4.78 is 44.9. The molecule has 0 amide bonds. The maximum atomic E-state index is 12.2. The van der Waals surface area contributed by atoms with Gasteiger partial charge in [0.2, 0.25) is 0 Å². The van der Waals surface area contributed by atoms with Crippen LogP contribution < -0.4 is 10.5 Å². The highest BCUT2D eigenvalue weighted by Crippen LogP contribution is 2.27. The number of carbonyl (C=O) groups excluding carboxylic acids is 1. The molecule has 0 unspecified atom stereocenters. The summed E-state index contributed by atoms with van der Waals surface area (Å²) in [5, 5.41) is 0. The molecule has 0 spiro atoms. The number of hydrogen-bond donors (Lipinski definition) is 1. The number of rotatable bonds is 4. The molecule has 1 aromatic heterocycles. The van der Waals surface area contributed by atoms with Crippen LogP contribution in [0.1, 0.15) is 17.0 Å². The van der Waals surface area contributed by atoms with Crippen LogP contribution in [0.25, 0.3) is 0 Å². The molecular weight excluding hydrogens is 265 g/mol. The molecule has 0 aromatic carbocycles. The topological polar surface area (TPSA) is 74.4 Å². The number of carbonyl (C=O) groups is 1. The normalized spacial score (nSPS) is 11.3. The first-order valence-corrected chi connectivity index (χ1v) is 5.29. The van der Waals surface area contributed by atoms with Gasteiger partial charge in [-0.2, -0.15) is 0 Å². The molecule has 1 aromatic rings. The molecule has 1 heterocycles. The minimum absolute atomic E-state index is 0.000530. The summed E-state index contributed by atoms with van der Waals surface area (Å²) in [5.74, 6) is -1.05. The second-order valence-electron chi connectivity index (χ2n) is 3.68. The number of halogens is 3. The fourth-order valence-corrected chi connectivity index (χ4v) is 1.46. The van der Waals surface area contributed by atoms with Crippen LogP contribution in [0.5, 0.6) is 5.75 Å². The van der Waals surface area contributed by atoms with Gasteiger partial charge < -0.3 is 15.2 Å². The van der Waals surface area contributed by atoms with Crippen molar-refractivity contribution in [2.24, 2.45) is 5.73 Å². The van der Waals surface area contributed by atoms with E-state index in [2.05, 4.69) is 14.5 Å². The van der Waals surface area contributed by atoms with Gasteiger partial charge in [0.05, 0.1) is 24.9 Å². The second-order valence-corrected chi connectivity index (χ2v) is 3.68. The van der Waals surface area contributed by atoms with E-state index in [1.807, 2.05) is 0 Å². The smallest absolute Gasteiger partial charge is 0.469 e. The van der Waals surface area contributed by atoms with Gasteiger partial charge in [-0.05, 0) is 18.6 Å². The summed E-state index contributed by atoms with van der Waals surface area (Å²) in [6.07, 6.45) is -5.04. The summed E-state index contributed by atoms with van der Waals surface area (Å²) in [6, 6.07) is 1.11. The number of aromatic nitrogens is 1. The Hall–Kier alpha value is -1.83. The molecule has 0 radical (unpaired) electrons. The van der Waals surface area contributed by atoms with Gasteiger partial charge in [0.1, 0.15) is 0 Å². The lowest BCUT2D eigenvalue weighted by molar-refractivity contribution is -0.275. The molecule has 0 saturated carbocycles. The first-order chi connectivity index (χ1) is 8.76. The second kappa shape index (κ2) is 5.87. The lowest BCUT2D eigenvalue weighted by atomic mass is 10.1. The number of pyridine rings is 1. The zero-order chi connectivity index (χ0) is 14.6. The van der Waals surface area contributed by atoms with Gasteiger partial charge in [0, 0.05) is 6.54 Å². The molecule has 8 heteroatoms. The summed E-state index contributed by atoms with van der Waals surface area (Å²) in [4.78, 5) is 15.1. The number of nitrogens with two attached hydrogens (primary N) is 1. The Morgan fingerprint density at radius 3 is 2.58 bits per heavy atom.